The van der Waals surface area contributed by atoms with E-state index in [1.807, 2.05) is 13.8 Å². The normalized spacial score (nSPS) is 18.8. The first-order chi connectivity index (χ1) is 5.61. The maximum Gasteiger partial charge on any atom is 0.411 e. The van der Waals surface area contributed by atoms with E-state index in [2.05, 4.69) is 0 Å². The second kappa shape index (κ2) is 3.76. The molecule has 2 N–H and O–H groups in total. The second-order valence-corrected chi connectivity index (χ2v) is 3.43. The van der Waals surface area contributed by atoms with E-state index in [4.69, 9.17) is 10.5 Å². The van der Waals surface area contributed by atoms with Crippen LogP contribution in [0, 0.1) is 5.92 Å². The Morgan fingerprint density at radius 3 is 2.42 bits per heavy atom. The van der Waals surface area contributed by atoms with Crippen LogP contribution in [0.15, 0.2) is 0 Å². The average Bonchev–Trinajstić information content (AvgIpc) is 1.82. The van der Waals surface area contributed by atoms with Gasteiger partial charge >= 0.3 is 6.09 Å². The molecule has 12 heavy (non-hydrogen) atoms. The Labute approximate surface area is 72.7 Å². The molecule has 0 spiro atoms. The number of hydrogen-bond acceptors (Lipinski definition) is 3. The van der Waals surface area contributed by atoms with Crippen LogP contribution < -0.4 is 5.73 Å². The zero-order chi connectivity index (χ0) is 9.14. The van der Waals surface area contributed by atoms with Gasteiger partial charge in [-0.25, -0.2) is 4.79 Å². The fraction of sp³-hybridized carbons (Fsp3) is 0.875. The minimum Gasteiger partial charge on any atom is -0.430 e. The van der Waals surface area contributed by atoms with Crippen molar-refractivity contribution in [3.8, 4) is 0 Å². The molecule has 1 amide bonds. The monoisotopic (exact) mass is 172 g/mol. The molecule has 70 valence electrons. The summed E-state index contributed by atoms with van der Waals surface area (Å²) in [5.41, 5.74) is 5.56. The molecule has 1 heterocycles. The second-order valence-electron chi connectivity index (χ2n) is 3.43. The molecule has 1 saturated heterocycles. The quantitative estimate of drug-likeness (QED) is 0.626. The van der Waals surface area contributed by atoms with E-state index in [0.29, 0.717) is 0 Å². The van der Waals surface area contributed by atoms with Crippen molar-refractivity contribution in [2.24, 2.45) is 11.7 Å². The first-order valence-electron chi connectivity index (χ1n) is 4.32. The van der Waals surface area contributed by atoms with Gasteiger partial charge in [-0.2, -0.15) is 0 Å². The largest absolute Gasteiger partial charge is 0.430 e. The molecule has 0 aliphatic carbocycles. The third kappa shape index (κ3) is 2.11. The molecule has 4 nitrogen and oxygen atoms in total. The number of carbonyl (C=O) groups excluding carboxylic acids is 1. The highest BCUT2D eigenvalue weighted by Gasteiger charge is 2.24. The van der Waals surface area contributed by atoms with E-state index < -0.39 is 6.23 Å². The van der Waals surface area contributed by atoms with E-state index in [-0.39, 0.29) is 12.0 Å². The molecule has 0 aromatic heterocycles. The molecule has 0 aromatic rings. The third-order valence-corrected chi connectivity index (χ3v) is 2.01. The first kappa shape index (κ1) is 9.32. The maximum atomic E-state index is 11.2. The minimum atomic E-state index is -0.474. The molecule has 0 radical (unpaired) electrons. The van der Waals surface area contributed by atoms with Crippen molar-refractivity contribution in [2.75, 3.05) is 13.1 Å². The molecule has 0 bridgehead atoms. The van der Waals surface area contributed by atoms with Crippen molar-refractivity contribution in [3.63, 3.8) is 0 Å². The van der Waals surface area contributed by atoms with Crippen LogP contribution in [0.25, 0.3) is 0 Å². The van der Waals surface area contributed by atoms with Crippen molar-refractivity contribution in [1.29, 1.82) is 0 Å². The van der Waals surface area contributed by atoms with Gasteiger partial charge in [0.25, 0.3) is 0 Å². The summed E-state index contributed by atoms with van der Waals surface area (Å²) in [7, 11) is 0. The van der Waals surface area contributed by atoms with Crippen LogP contribution >= 0.6 is 0 Å². The molecule has 0 saturated carbocycles. The average molecular weight is 172 g/mol. The van der Waals surface area contributed by atoms with Crippen LogP contribution in [-0.2, 0) is 4.74 Å². The highest BCUT2D eigenvalue weighted by atomic mass is 16.6. The van der Waals surface area contributed by atoms with Gasteiger partial charge in [0.05, 0.1) is 0 Å². The predicted octanol–water partition coefficient (Wildman–Crippen LogP) is 0.769. The van der Waals surface area contributed by atoms with E-state index >= 15 is 0 Å². The van der Waals surface area contributed by atoms with Gasteiger partial charge in [0.1, 0.15) is 0 Å². The first-order valence-corrected chi connectivity index (χ1v) is 4.32. The summed E-state index contributed by atoms with van der Waals surface area (Å²) >= 11 is 0. The maximum absolute atomic E-state index is 11.2. The molecule has 1 fully saturated rings. The Morgan fingerprint density at radius 2 is 2.08 bits per heavy atom. The lowest BCUT2D eigenvalue weighted by Crippen LogP contribution is -2.46. The third-order valence-electron chi connectivity index (χ3n) is 2.01. The zero-order valence-electron chi connectivity index (χ0n) is 7.62. The predicted molar refractivity (Wildman–Crippen MR) is 45.5 cm³/mol. The Bertz CT molecular complexity index is 166. The summed E-state index contributed by atoms with van der Waals surface area (Å²) in [5, 5.41) is 0. The van der Waals surface area contributed by atoms with E-state index in [1.165, 1.54) is 0 Å². The zero-order valence-corrected chi connectivity index (χ0v) is 7.62. The van der Waals surface area contributed by atoms with E-state index in [0.717, 1.165) is 19.5 Å². The van der Waals surface area contributed by atoms with Crippen molar-refractivity contribution in [1.82, 2.24) is 4.90 Å². The Morgan fingerprint density at radius 1 is 1.50 bits per heavy atom. The summed E-state index contributed by atoms with van der Waals surface area (Å²) in [6.45, 7) is 5.47. The summed E-state index contributed by atoms with van der Waals surface area (Å²) in [6, 6.07) is 0. The molecule has 4 heteroatoms. The van der Waals surface area contributed by atoms with Crippen LogP contribution in [0.1, 0.15) is 20.3 Å². The summed E-state index contributed by atoms with van der Waals surface area (Å²) in [5.74, 6) is 0.176. The number of carbonyl (C=O) groups is 1. The van der Waals surface area contributed by atoms with E-state index in [1.54, 1.807) is 4.90 Å². The highest BCUT2D eigenvalue weighted by Crippen LogP contribution is 2.10. The number of rotatable bonds is 2. The molecule has 1 atom stereocenters. The Balaban J connectivity index is 2.25. The van der Waals surface area contributed by atoms with Gasteiger partial charge in [-0.05, 0) is 6.42 Å². The van der Waals surface area contributed by atoms with Crippen molar-refractivity contribution >= 4 is 6.09 Å². The number of likely N-dealkylation sites (tertiary alicyclic amines) is 1. The van der Waals surface area contributed by atoms with Gasteiger partial charge in [-0.3, -0.25) is 5.73 Å². The number of nitrogens with zero attached hydrogens (tertiary/aromatic N) is 1. The molecule has 1 rings (SSSR count). The van der Waals surface area contributed by atoms with Gasteiger partial charge in [-0.15, -0.1) is 0 Å². The lowest BCUT2D eigenvalue weighted by atomic mass is 10.2. The summed E-state index contributed by atoms with van der Waals surface area (Å²) in [6.07, 6.45) is 0.326. The number of nitrogens with two attached hydrogens (primary N) is 1. The van der Waals surface area contributed by atoms with Crippen LogP contribution in [0.4, 0.5) is 4.79 Å². The van der Waals surface area contributed by atoms with Crippen LogP contribution in [-0.4, -0.2) is 30.3 Å². The lowest BCUT2D eigenvalue weighted by molar-refractivity contribution is 0.0315. The van der Waals surface area contributed by atoms with Crippen LogP contribution in [0.5, 0.6) is 0 Å². The number of amides is 1. The fourth-order valence-electron chi connectivity index (χ4n) is 0.826. The van der Waals surface area contributed by atoms with E-state index in [9.17, 15) is 4.79 Å². The molecular formula is C8H16N2O2. The van der Waals surface area contributed by atoms with Gasteiger partial charge in [0.15, 0.2) is 6.23 Å². The highest BCUT2D eigenvalue weighted by molar-refractivity contribution is 5.68. The minimum absolute atomic E-state index is 0.176. The van der Waals surface area contributed by atoms with Crippen LogP contribution in [0.3, 0.4) is 0 Å². The molecule has 0 unspecified atom stereocenters. The molecule has 1 aliphatic heterocycles. The Hall–Kier alpha value is -0.770. The Kier molecular flexibility index (Phi) is 2.92. The van der Waals surface area contributed by atoms with Gasteiger partial charge in [0, 0.05) is 19.0 Å². The fourth-order valence-corrected chi connectivity index (χ4v) is 0.826. The lowest BCUT2D eigenvalue weighted by Gasteiger charge is -2.31. The molecule has 0 aromatic carbocycles. The van der Waals surface area contributed by atoms with Crippen molar-refractivity contribution < 1.29 is 9.53 Å². The number of ether oxygens (including phenoxy) is 1. The van der Waals surface area contributed by atoms with Crippen molar-refractivity contribution in [3.05, 3.63) is 0 Å². The topological polar surface area (TPSA) is 55.6 Å². The standard InChI is InChI=1S/C8H16N2O2/c1-6(2)7(9)12-8(11)10-4-3-5-10/h6-7H,3-5,9H2,1-2H3/t7-/m1/s1. The summed E-state index contributed by atoms with van der Waals surface area (Å²) < 4.78 is 4.98. The summed E-state index contributed by atoms with van der Waals surface area (Å²) in [4.78, 5) is 12.8. The van der Waals surface area contributed by atoms with Gasteiger partial charge in [-0.1, -0.05) is 13.8 Å². The SMILES string of the molecule is CC(C)[C@H](N)OC(=O)N1CCC1. The van der Waals surface area contributed by atoms with Crippen molar-refractivity contribution in [2.45, 2.75) is 26.5 Å². The van der Waals surface area contributed by atoms with Crippen LogP contribution in [0.2, 0.25) is 0 Å². The smallest absolute Gasteiger partial charge is 0.411 e. The molecular weight excluding hydrogens is 156 g/mol. The van der Waals surface area contributed by atoms with Gasteiger partial charge < -0.3 is 9.64 Å². The number of hydrogen-bond donors (Lipinski definition) is 1. The molecule has 1 aliphatic rings. The van der Waals surface area contributed by atoms with Gasteiger partial charge in [0.2, 0.25) is 0 Å².